The average molecular weight is 150 g/mol. The molecule has 2 aliphatic rings. The quantitative estimate of drug-likeness (QED) is 0.478. The minimum Gasteiger partial charge on any atom is -0.465 e. The third-order valence-corrected chi connectivity index (χ3v) is 2.71. The van der Waals surface area contributed by atoms with Crippen LogP contribution in [0.4, 0.5) is 0 Å². The second kappa shape index (κ2) is 2.23. The Kier molecular flexibility index (Phi) is 1.44. The van der Waals surface area contributed by atoms with Crippen LogP contribution in [0.25, 0.3) is 0 Å². The summed E-state index contributed by atoms with van der Waals surface area (Å²) < 4.78 is 4.86. The predicted octanol–water partition coefficient (Wildman–Crippen LogP) is 0.834. The van der Waals surface area contributed by atoms with Crippen LogP contribution in [0, 0.1) is 37.5 Å². The summed E-state index contributed by atoms with van der Waals surface area (Å²) in [5, 5.41) is 0. The van der Waals surface area contributed by atoms with E-state index in [-0.39, 0.29) is 29.6 Å². The zero-order valence-electron chi connectivity index (χ0n) is 6.19. The highest BCUT2D eigenvalue weighted by atomic mass is 16.5. The van der Waals surface area contributed by atoms with Gasteiger partial charge in [0, 0.05) is 5.92 Å². The number of esters is 1. The maximum atomic E-state index is 11.1. The highest BCUT2D eigenvalue weighted by Gasteiger charge is 2.48. The molecule has 0 N–H and O–H groups in total. The lowest BCUT2D eigenvalue weighted by atomic mass is 9.91. The minimum atomic E-state index is -0.157. The third kappa shape index (κ3) is 0.883. The normalized spacial score (nSPS) is 49.1. The first-order valence-corrected chi connectivity index (χ1v) is 3.88. The number of rotatable bonds is 0. The Bertz CT molecular complexity index is 188. The van der Waals surface area contributed by atoms with Gasteiger partial charge in [-0.25, -0.2) is 0 Å². The van der Waals surface area contributed by atoms with Gasteiger partial charge < -0.3 is 4.74 Å². The third-order valence-electron chi connectivity index (χ3n) is 2.71. The van der Waals surface area contributed by atoms with E-state index >= 15 is 0 Å². The van der Waals surface area contributed by atoms with Crippen molar-refractivity contribution in [2.24, 2.45) is 23.7 Å². The molecule has 0 bridgehead atoms. The zero-order chi connectivity index (χ0) is 8.01. The van der Waals surface area contributed by atoms with E-state index in [1.54, 1.807) is 0 Å². The van der Waals surface area contributed by atoms with Crippen LogP contribution in [-0.2, 0) is 9.53 Å². The number of hydrogen-bond acceptors (Lipinski definition) is 2. The van der Waals surface area contributed by atoms with Crippen molar-refractivity contribution in [3.05, 3.63) is 13.8 Å². The highest BCUT2D eigenvalue weighted by Crippen LogP contribution is 2.44. The van der Waals surface area contributed by atoms with Gasteiger partial charge in [0.25, 0.3) is 0 Å². The molecule has 4 atom stereocenters. The zero-order valence-corrected chi connectivity index (χ0v) is 6.19. The Balaban J connectivity index is 2.21. The van der Waals surface area contributed by atoms with Gasteiger partial charge in [0.1, 0.15) is 0 Å². The molecule has 1 aliphatic carbocycles. The van der Waals surface area contributed by atoms with Gasteiger partial charge in [0.15, 0.2) is 0 Å². The Morgan fingerprint density at radius 2 is 2.09 bits per heavy atom. The van der Waals surface area contributed by atoms with Crippen LogP contribution >= 0.6 is 0 Å². The molecular weight excluding hydrogens is 140 g/mol. The maximum Gasteiger partial charge on any atom is 0.309 e. The molecule has 0 aromatic carbocycles. The van der Waals surface area contributed by atoms with Gasteiger partial charge >= 0.3 is 5.97 Å². The monoisotopic (exact) mass is 150 g/mol. The lowest BCUT2D eigenvalue weighted by Crippen LogP contribution is -2.16. The molecule has 1 saturated carbocycles. The van der Waals surface area contributed by atoms with Crippen molar-refractivity contribution in [1.82, 2.24) is 0 Å². The number of ether oxygens (including phenoxy) is 1. The van der Waals surface area contributed by atoms with E-state index in [1.807, 2.05) is 0 Å². The molecule has 0 spiro atoms. The second-order valence-electron chi connectivity index (χ2n) is 3.38. The van der Waals surface area contributed by atoms with Gasteiger partial charge in [-0.15, -0.1) is 0 Å². The van der Waals surface area contributed by atoms with Gasteiger partial charge in [-0.3, -0.25) is 4.79 Å². The van der Waals surface area contributed by atoms with E-state index < -0.39 is 0 Å². The van der Waals surface area contributed by atoms with Crippen molar-refractivity contribution in [3.8, 4) is 0 Å². The van der Waals surface area contributed by atoms with Crippen molar-refractivity contribution in [1.29, 1.82) is 0 Å². The number of fused-ring (bicyclic) bond motifs is 1. The summed E-state index contributed by atoms with van der Waals surface area (Å²) in [6.07, 6.45) is 0.754. The number of carbonyl (C=O) groups excluding carboxylic acids is 1. The van der Waals surface area contributed by atoms with Crippen LogP contribution in [-0.4, -0.2) is 12.6 Å². The Hall–Kier alpha value is -0.530. The smallest absolute Gasteiger partial charge is 0.309 e. The van der Waals surface area contributed by atoms with Crippen molar-refractivity contribution in [2.45, 2.75) is 6.42 Å². The molecule has 1 heterocycles. The van der Waals surface area contributed by atoms with E-state index in [0.717, 1.165) is 6.42 Å². The van der Waals surface area contributed by atoms with Crippen LogP contribution in [0.1, 0.15) is 6.42 Å². The Morgan fingerprint density at radius 1 is 1.36 bits per heavy atom. The molecule has 11 heavy (non-hydrogen) atoms. The Labute approximate surface area is 66.9 Å². The van der Waals surface area contributed by atoms with E-state index in [0.29, 0.717) is 6.61 Å². The summed E-state index contributed by atoms with van der Waals surface area (Å²) in [4.78, 5) is 11.1. The molecule has 2 fully saturated rings. The molecule has 0 aromatic rings. The second-order valence-corrected chi connectivity index (χ2v) is 3.38. The number of carbonyl (C=O) groups is 1. The average Bonchev–Trinajstić information content (AvgIpc) is 2.41. The molecule has 2 heteroatoms. The fourth-order valence-electron chi connectivity index (χ4n) is 2.07. The lowest BCUT2D eigenvalue weighted by Gasteiger charge is -2.07. The van der Waals surface area contributed by atoms with E-state index in [1.165, 1.54) is 0 Å². The van der Waals surface area contributed by atoms with Gasteiger partial charge in [0.05, 0.1) is 12.5 Å². The molecule has 1 aliphatic heterocycles. The van der Waals surface area contributed by atoms with Gasteiger partial charge in [-0.2, -0.15) is 0 Å². The molecule has 4 unspecified atom stereocenters. The van der Waals surface area contributed by atoms with E-state index in [4.69, 9.17) is 18.6 Å². The minimum absolute atomic E-state index is 0.0569. The van der Waals surface area contributed by atoms with Gasteiger partial charge in [-0.1, -0.05) is 0 Å². The summed E-state index contributed by atoms with van der Waals surface area (Å²) in [6, 6.07) is 0. The molecular formula is C9H10O2. The largest absolute Gasteiger partial charge is 0.465 e. The van der Waals surface area contributed by atoms with Crippen LogP contribution in [0.3, 0.4) is 0 Å². The van der Waals surface area contributed by atoms with Gasteiger partial charge in [0.2, 0.25) is 0 Å². The summed E-state index contributed by atoms with van der Waals surface area (Å²) in [5.74, 6) is -0.121. The van der Waals surface area contributed by atoms with Crippen molar-refractivity contribution < 1.29 is 9.53 Å². The Morgan fingerprint density at radius 3 is 2.73 bits per heavy atom. The summed E-state index contributed by atoms with van der Waals surface area (Å²) >= 11 is 0. The molecule has 1 saturated heterocycles. The summed E-state index contributed by atoms with van der Waals surface area (Å²) in [5.41, 5.74) is 0. The predicted molar refractivity (Wildman–Crippen MR) is 38.1 cm³/mol. The first-order chi connectivity index (χ1) is 5.20. The van der Waals surface area contributed by atoms with Gasteiger partial charge in [-0.05, 0) is 32.1 Å². The van der Waals surface area contributed by atoms with Crippen molar-refractivity contribution in [3.63, 3.8) is 0 Å². The van der Waals surface area contributed by atoms with Crippen LogP contribution < -0.4 is 0 Å². The van der Waals surface area contributed by atoms with E-state index in [2.05, 4.69) is 0 Å². The van der Waals surface area contributed by atoms with Crippen molar-refractivity contribution in [2.75, 3.05) is 6.61 Å². The molecule has 2 rings (SSSR count). The maximum absolute atomic E-state index is 11.1. The van der Waals surface area contributed by atoms with E-state index in [9.17, 15) is 4.79 Å². The molecule has 0 aromatic heterocycles. The molecule has 4 radical (unpaired) electrons. The van der Waals surface area contributed by atoms with Crippen LogP contribution in [0.5, 0.6) is 0 Å². The van der Waals surface area contributed by atoms with Crippen LogP contribution in [0.2, 0.25) is 0 Å². The van der Waals surface area contributed by atoms with Crippen molar-refractivity contribution >= 4 is 5.97 Å². The molecule has 2 nitrogen and oxygen atoms in total. The summed E-state index contributed by atoms with van der Waals surface area (Å²) in [6.45, 7) is 12.0. The van der Waals surface area contributed by atoms with Crippen LogP contribution in [0.15, 0.2) is 0 Å². The number of hydrogen-bond donors (Lipinski definition) is 0. The molecule has 58 valence electrons. The summed E-state index contributed by atoms with van der Waals surface area (Å²) in [7, 11) is 0. The fourth-order valence-corrected chi connectivity index (χ4v) is 2.07. The first kappa shape index (κ1) is 7.14. The topological polar surface area (TPSA) is 26.3 Å². The highest BCUT2D eigenvalue weighted by molar-refractivity contribution is 5.75. The molecule has 0 amide bonds. The lowest BCUT2D eigenvalue weighted by molar-refractivity contribution is -0.142. The first-order valence-electron chi connectivity index (χ1n) is 3.88. The standard InChI is InChI=1S/C9H10O2/c1-5-3-6(2)8-7(5)4-11-9(8)10/h1-2,5-8H,3-4H2. The number of cyclic esters (lactones) is 1. The fraction of sp³-hybridized carbons (Fsp3) is 0.667. The SMILES string of the molecule is [CH]C1CC([CH])C2C(=O)OCC12.